The number of hydrogen-bond acceptors (Lipinski definition) is 4. The van der Waals surface area contributed by atoms with E-state index in [1.54, 1.807) is 13.1 Å². The molecule has 1 atom stereocenters. The molecule has 2 heterocycles. The highest BCUT2D eigenvalue weighted by Gasteiger charge is 2.29. The van der Waals surface area contributed by atoms with E-state index in [9.17, 15) is 9.90 Å². The molecule has 0 amide bonds. The second kappa shape index (κ2) is 7.97. The standard InChI is InChI=1S/C21H22N2O3/c1-3-5-10-16-15-11-6-7-12-17(15)23(18-13-8-9-14-22-18)19(16)20(24)21(25)26-4-2/h3,6-9,11-14,20,24H,1,4-5,10H2,2H3. The van der Waals surface area contributed by atoms with Crippen LogP contribution in [0.15, 0.2) is 61.3 Å². The van der Waals surface area contributed by atoms with E-state index in [4.69, 9.17) is 4.74 Å². The van der Waals surface area contributed by atoms with Gasteiger partial charge in [-0.05, 0) is 43.5 Å². The van der Waals surface area contributed by atoms with E-state index >= 15 is 0 Å². The van der Waals surface area contributed by atoms with Crippen LogP contribution in [-0.4, -0.2) is 27.2 Å². The van der Waals surface area contributed by atoms with Crippen LogP contribution in [0.4, 0.5) is 0 Å². The quantitative estimate of drug-likeness (QED) is 0.521. The second-order valence-electron chi connectivity index (χ2n) is 5.89. The van der Waals surface area contributed by atoms with Crippen molar-refractivity contribution in [3.63, 3.8) is 0 Å². The molecule has 0 saturated carbocycles. The minimum Gasteiger partial charge on any atom is -0.464 e. The van der Waals surface area contributed by atoms with Crippen LogP contribution in [0.2, 0.25) is 0 Å². The number of esters is 1. The fourth-order valence-electron chi connectivity index (χ4n) is 3.19. The number of aliphatic hydroxyl groups excluding tert-OH is 1. The first-order valence-electron chi connectivity index (χ1n) is 8.68. The van der Waals surface area contributed by atoms with Crippen molar-refractivity contribution in [3.8, 4) is 5.82 Å². The third-order valence-corrected chi connectivity index (χ3v) is 4.27. The lowest BCUT2D eigenvalue weighted by Crippen LogP contribution is -2.20. The van der Waals surface area contributed by atoms with Crippen LogP contribution in [0.3, 0.4) is 0 Å². The number of nitrogens with zero attached hydrogens (tertiary/aromatic N) is 2. The van der Waals surface area contributed by atoms with Crippen molar-refractivity contribution in [1.82, 2.24) is 9.55 Å². The van der Waals surface area contributed by atoms with Crippen LogP contribution < -0.4 is 0 Å². The molecule has 0 fully saturated rings. The Morgan fingerprint density at radius 2 is 2.08 bits per heavy atom. The average Bonchev–Trinajstić information content (AvgIpc) is 3.00. The highest BCUT2D eigenvalue weighted by atomic mass is 16.5. The molecule has 1 unspecified atom stereocenters. The van der Waals surface area contributed by atoms with Gasteiger partial charge >= 0.3 is 5.97 Å². The van der Waals surface area contributed by atoms with Gasteiger partial charge in [0.05, 0.1) is 17.8 Å². The highest BCUT2D eigenvalue weighted by Crippen LogP contribution is 2.34. The number of carbonyl (C=O) groups is 1. The third-order valence-electron chi connectivity index (χ3n) is 4.27. The molecule has 3 rings (SSSR count). The van der Waals surface area contributed by atoms with Gasteiger partial charge < -0.3 is 9.84 Å². The number of fused-ring (bicyclic) bond motifs is 1. The Morgan fingerprint density at radius 1 is 1.31 bits per heavy atom. The number of aromatic nitrogens is 2. The number of pyridine rings is 1. The summed E-state index contributed by atoms with van der Waals surface area (Å²) in [5.41, 5.74) is 2.31. The molecule has 0 bridgehead atoms. The first-order chi connectivity index (χ1) is 12.7. The molecule has 0 spiro atoms. The molecular formula is C21H22N2O3. The van der Waals surface area contributed by atoms with Crippen LogP contribution in [0, 0.1) is 0 Å². The van der Waals surface area contributed by atoms with Gasteiger partial charge in [0.1, 0.15) is 5.82 Å². The molecule has 0 saturated heterocycles. The van der Waals surface area contributed by atoms with Crippen molar-refractivity contribution in [2.75, 3.05) is 6.61 Å². The van der Waals surface area contributed by atoms with Gasteiger partial charge in [-0.25, -0.2) is 9.78 Å². The smallest absolute Gasteiger partial charge is 0.341 e. The number of ether oxygens (including phenoxy) is 1. The van der Waals surface area contributed by atoms with E-state index in [1.807, 2.05) is 53.1 Å². The molecule has 3 aromatic rings. The second-order valence-corrected chi connectivity index (χ2v) is 5.89. The molecule has 0 aliphatic carbocycles. The monoisotopic (exact) mass is 350 g/mol. The average molecular weight is 350 g/mol. The lowest BCUT2D eigenvalue weighted by atomic mass is 10.0. The fourth-order valence-corrected chi connectivity index (χ4v) is 3.19. The fraction of sp³-hybridized carbons (Fsp3) is 0.238. The van der Waals surface area contributed by atoms with Gasteiger partial charge in [-0.15, -0.1) is 6.58 Å². The molecule has 0 aliphatic rings. The van der Waals surface area contributed by atoms with Crippen molar-refractivity contribution in [2.24, 2.45) is 0 Å². The van der Waals surface area contributed by atoms with E-state index in [2.05, 4.69) is 11.6 Å². The van der Waals surface area contributed by atoms with Crippen molar-refractivity contribution in [2.45, 2.75) is 25.9 Å². The maximum Gasteiger partial charge on any atom is 0.341 e. The van der Waals surface area contributed by atoms with Crippen molar-refractivity contribution in [3.05, 3.63) is 72.6 Å². The Labute approximate surface area is 152 Å². The van der Waals surface area contributed by atoms with E-state index in [0.29, 0.717) is 17.9 Å². The van der Waals surface area contributed by atoms with Crippen LogP contribution >= 0.6 is 0 Å². The number of para-hydroxylation sites is 1. The van der Waals surface area contributed by atoms with Gasteiger partial charge in [0, 0.05) is 11.6 Å². The largest absolute Gasteiger partial charge is 0.464 e. The Morgan fingerprint density at radius 3 is 2.77 bits per heavy atom. The zero-order chi connectivity index (χ0) is 18.5. The minimum absolute atomic E-state index is 0.210. The Kier molecular flexibility index (Phi) is 5.49. The SMILES string of the molecule is C=CCCc1c(C(O)C(=O)OCC)n(-c2ccccn2)c2ccccc12. The number of aliphatic hydroxyl groups is 1. The van der Waals surface area contributed by atoms with E-state index < -0.39 is 12.1 Å². The first kappa shape index (κ1) is 17.9. The van der Waals surface area contributed by atoms with Crippen molar-refractivity contribution in [1.29, 1.82) is 0 Å². The van der Waals surface area contributed by atoms with E-state index in [1.165, 1.54) is 0 Å². The summed E-state index contributed by atoms with van der Waals surface area (Å²) in [6, 6.07) is 13.4. The van der Waals surface area contributed by atoms with Gasteiger partial charge in [0.25, 0.3) is 0 Å². The molecule has 0 radical (unpaired) electrons. The number of aryl methyl sites for hydroxylation is 1. The summed E-state index contributed by atoms with van der Waals surface area (Å²) in [5.74, 6) is -0.0146. The maximum atomic E-state index is 12.3. The summed E-state index contributed by atoms with van der Waals surface area (Å²) in [5, 5.41) is 11.8. The lowest BCUT2D eigenvalue weighted by molar-refractivity contribution is -0.153. The minimum atomic E-state index is -1.39. The first-order valence-corrected chi connectivity index (χ1v) is 8.68. The summed E-state index contributed by atoms with van der Waals surface area (Å²) in [4.78, 5) is 16.7. The van der Waals surface area contributed by atoms with Gasteiger partial charge in [-0.2, -0.15) is 0 Å². The van der Waals surface area contributed by atoms with Gasteiger partial charge in [0.15, 0.2) is 6.10 Å². The number of rotatable bonds is 7. The molecule has 2 aromatic heterocycles. The van der Waals surface area contributed by atoms with Crippen LogP contribution in [-0.2, 0) is 16.0 Å². The highest BCUT2D eigenvalue weighted by molar-refractivity contribution is 5.90. The molecule has 5 heteroatoms. The lowest BCUT2D eigenvalue weighted by Gasteiger charge is -2.16. The predicted octanol–water partition coefficient (Wildman–Crippen LogP) is 3.74. The Balaban J connectivity index is 2.30. The van der Waals surface area contributed by atoms with E-state index in [-0.39, 0.29) is 6.61 Å². The third kappa shape index (κ3) is 3.26. The molecule has 1 aromatic carbocycles. The Hall–Kier alpha value is -2.92. The topological polar surface area (TPSA) is 64.3 Å². The van der Waals surface area contributed by atoms with Crippen LogP contribution in [0.5, 0.6) is 0 Å². The number of carbonyl (C=O) groups excluding carboxylic acids is 1. The summed E-state index contributed by atoms with van der Waals surface area (Å²) in [6.45, 7) is 5.72. The summed E-state index contributed by atoms with van der Waals surface area (Å²) in [7, 11) is 0. The van der Waals surface area contributed by atoms with Crippen molar-refractivity contribution >= 4 is 16.9 Å². The zero-order valence-corrected chi connectivity index (χ0v) is 14.8. The van der Waals surface area contributed by atoms with Crippen LogP contribution in [0.1, 0.15) is 30.7 Å². The van der Waals surface area contributed by atoms with Crippen molar-refractivity contribution < 1.29 is 14.6 Å². The molecule has 134 valence electrons. The molecule has 0 aliphatic heterocycles. The molecule has 1 N–H and O–H groups in total. The molecule has 26 heavy (non-hydrogen) atoms. The predicted molar refractivity (Wildman–Crippen MR) is 101 cm³/mol. The number of benzene rings is 1. The van der Waals surface area contributed by atoms with Gasteiger partial charge in [-0.3, -0.25) is 4.57 Å². The zero-order valence-electron chi connectivity index (χ0n) is 14.8. The Bertz CT molecular complexity index is 916. The molecular weight excluding hydrogens is 328 g/mol. The summed E-state index contributed by atoms with van der Waals surface area (Å²) >= 11 is 0. The van der Waals surface area contributed by atoms with Crippen LogP contribution in [0.25, 0.3) is 16.7 Å². The summed E-state index contributed by atoms with van der Waals surface area (Å²) in [6.07, 6.45) is 3.53. The normalized spacial score (nSPS) is 12.1. The van der Waals surface area contributed by atoms with E-state index in [0.717, 1.165) is 22.9 Å². The summed E-state index contributed by atoms with van der Waals surface area (Å²) < 4.78 is 6.90. The van der Waals surface area contributed by atoms with Gasteiger partial charge in [-0.1, -0.05) is 30.3 Å². The molecule has 5 nitrogen and oxygen atoms in total. The maximum absolute atomic E-state index is 12.3. The number of allylic oxidation sites excluding steroid dienone is 1. The number of hydrogen-bond donors (Lipinski definition) is 1. The van der Waals surface area contributed by atoms with Gasteiger partial charge in [0.2, 0.25) is 0 Å².